The van der Waals surface area contributed by atoms with Gasteiger partial charge in [-0.25, -0.2) is 0 Å². The van der Waals surface area contributed by atoms with Gasteiger partial charge in [-0.1, -0.05) is 48.5 Å². The van der Waals surface area contributed by atoms with E-state index in [2.05, 4.69) is 4.98 Å². The first kappa shape index (κ1) is 23.8. The number of carbonyl (C=O) groups excluding carboxylic acids is 2. The summed E-state index contributed by atoms with van der Waals surface area (Å²) in [5.41, 5.74) is 2.45. The number of carbonyl (C=O) groups is 2. The molecule has 1 aliphatic heterocycles. The molecule has 0 radical (unpaired) electrons. The van der Waals surface area contributed by atoms with E-state index < -0.39 is 23.5 Å². The van der Waals surface area contributed by atoms with E-state index in [1.54, 1.807) is 50.9 Å². The Morgan fingerprint density at radius 1 is 1.06 bits per heavy atom. The molecular formula is C28H26N2O5. The molecule has 0 fully saturated rings. The molecule has 0 aliphatic carbocycles. The number of aliphatic hydroxyl groups excluding tert-OH is 1. The van der Waals surface area contributed by atoms with Crippen molar-refractivity contribution in [3.8, 4) is 11.5 Å². The number of ether oxygens (including phenoxy) is 2. The van der Waals surface area contributed by atoms with Gasteiger partial charge in [-0.3, -0.25) is 14.6 Å². The Hall–Kier alpha value is -4.39. The molecule has 7 heteroatoms. The Morgan fingerprint density at radius 2 is 1.83 bits per heavy atom. The molecule has 7 nitrogen and oxygen atoms in total. The fourth-order valence-corrected chi connectivity index (χ4v) is 4.13. The van der Waals surface area contributed by atoms with Gasteiger partial charge in [0.25, 0.3) is 5.91 Å². The Labute approximate surface area is 203 Å². The van der Waals surface area contributed by atoms with Crippen LogP contribution in [0.5, 0.6) is 11.5 Å². The van der Waals surface area contributed by atoms with Crippen molar-refractivity contribution in [2.45, 2.75) is 12.5 Å². The lowest BCUT2D eigenvalue weighted by Crippen LogP contribution is -2.33. The molecule has 2 aromatic carbocycles. The molecular weight excluding hydrogens is 444 g/mol. The maximum atomic E-state index is 13.2. The Kier molecular flexibility index (Phi) is 7.26. The fraction of sp³-hybridized carbons (Fsp3) is 0.179. The van der Waals surface area contributed by atoms with Crippen LogP contribution in [-0.2, 0) is 16.0 Å². The van der Waals surface area contributed by atoms with Crippen LogP contribution in [-0.4, -0.2) is 47.4 Å². The fourth-order valence-electron chi connectivity index (χ4n) is 4.13. The molecule has 1 atom stereocenters. The maximum Gasteiger partial charge on any atom is 0.290 e. The van der Waals surface area contributed by atoms with Crippen LogP contribution in [0.2, 0.25) is 0 Å². The number of aromatic nitrogens is 1. The second kappa shape index (κ2) is 10.7. The number of methoxy groups -OCH3 is 2. The van der Waals surface area contributed by atoms with Crippen molar-refractivity contribution in [2.24, 2.45) is 0 Å². The molecule has 1 aliphatic rings. The first-order valence-corrected chi connectivity index (χ1v) is 11.2. The van der Waals surface area contributed by atoms with Gasteiger partial charge in [0.2, 0.25) is 0 Å². The summed E-state index contributed by atoms with van der Waals surface area (Å²) in [7, 11) is 3.13. The van der Waals surface area contributed by atoms with Crippen LogP contribution >= 0.6 is 0 Å². The van der Waals surface area contributed by atoms with E-state index in [-0.39, 0.29) is 12.1 Å². The number of aliphatic hydroxyl groups is 1. The number of rotatable bonds is 9. The SMILES string of the molecule is COc1ccc(CCN2C(=O)C(O)=C(C(=O)/C=C/c3ccccc3)[C@@H]2c2cccnc2)cc1OC. The summed E-state index contributed by atoms with van der Waals surface area (Å²) < 4.78 is 10.7. The lowest BCUT2D eigenvalue weighted by atomic mass is 9.96. The van der Waals surface area contributed by atoms with Gasteiger partial charge in [0.15, 0.2) is 23.0 Å². The lowest BCUT2D eigenvalue weighted by Gasteiger charge is -2.26. The molecule has 3 aromatic rings. The van der Waals surface area contributed by atoms with E-state index in [1.165, 1.54) is 11.0 Å². The summed E-state index contributed by atoms with van der Waals surface area (Å²) in [6.07, 6.45) is 6.76. The molecule has 1 amide bonds. The zero-order valence-electron chi connectivity index (χ0n) is 19.5. The van der Waals surface area contributed by atoms with Gasteiger partial charge in [-0.2, -0.15) is 0 Å². The molecule has 0 spiro atoms. The molecule has 0 saturated heterocycles. The van der Waals surface area contributed by atoms with Crippen LogP contribution in [0.3, 0.4) is 0 Å². The van der Waals surface area contributed by atoms with Gasteiger partial charge in [-0.05, 0) is 47.4 Å². The van der Waals surface area contributed by atoms with Crippen molar-refractivity contribution < 1.29 is 24.2 Å². The highest BCUT2D eigenvalue weighted by Gasteiger charge is 2.42. The van der Waals surface area contributed by atoms with E-state index in [1.807, 2.05) is 42.5 Å². The topological polar surface area (TPSA) is 89.0 Å². The third-order valence-electron chi connectivity index (χ3n) is 5.89. The standard InChI is InChI=1S/C28H26N2O5/c1-34-23-13-11-20(17-24(23)35-2)14-16-30-26(21-9-6-15-29-18-21)25(27(32)28(30)33)22(31)12-10-19-7-4-3-5-8-19/h3-13,15,17-18,26,32H,14,16H2,1-2H3/b12-10+/t26-/m0/s1. The predicted octanol–water partition coefficient (Wildman–Crippen LogP) is 4.32. The summed E-state index contributed by atoms with van der Waals surface area (Å²) >= 11 is 0. The third kappa shape index (κ3) is 5.09. The largest absolute Gasteiger partial charge is 0.503 e. The molecule has 0 bridgehead atoms. The van der Waals surface area contributed by atoms with E-state index in [0.29, 0.717) is 23.5 Å². The average molecular weight is 471 g/mol. The van der Waals surface area contributed by atoms with Gasteiger partial charge >= 0.3 is 0 Å². The zero-order chi connectivity index (χ0) is 24.8. The minimum Gasteiger partial charge on any atom is -0.503 e. The number of hydrogen-bond acceptors (Lipinski definition) is 6. The molecule has 178 valence electrons. The number of hydrogen-bond donors (Lipinski definition) is 1. The molecule has 1 N–H and O–H groups in total. The second-order valence-electron chi connectivity index (χ2n) is 8.00. The van der Waals surface area contributed by atoms with Crippen LogP contribution in [0.1, 0.15) is 22.7 Å². The summed E-state index contributed by atoms with van der Waals surface area (Å²) in [4.78, 5) is 32.0. The number of allylic oxidation sites excluding steroid dienone is 1. The van der Waals surface area contributed by atoms with Crippen molar-refractivity contribution in [3.63, 3.8) is 0 Å². The minimum atomic E-state index is -0.746. The van der Waals surface area contributed by atoms with Crippen molar-refractivity contribution >= 4 is 17.8 Å². The van der Waals surface area contributed by atoms with Crippen molar-refractivity contribution in [1.29, 1.82) is 0 Å². The zero-order valence-corrected chi connectivity index (χ0v) is 19.5. The molecule has 1 aromatic heterocycles. The van der Waals surface area contributed by atoms with Gasteiger partial charge in [0, 0.05) is 18.9 Å². The van der Waals surface area contributed by atoms with E-state index >= 15 is 0 Å². The molecule has 2 heterocycles. The van der Waals surface area contributed by atoms with Crippen molar-refractivity contribution in [2.75, 3.05) is 20.8 Å². The Morgan fingerprint density at radius 3 is 2.51 bits per heavy atom. The number of nitrogens with zero attached hydrogens (tertiary/aromatic N) is 2. The van der Waals surface area contributed by atoms with Gasteiger partial charge in [0.1, 0.15) is 0 Å². The van der Waals surface area contributed by atoms with E-state index in [4.69, 9.17) is 9.47 Å². The summed E-state index contributed by atoms with van der Waals surface area (Å²) in [6, 6.07) is 17.7. The number of pyridine rings is 1. The second-order valence-corrected chi connectivity index (χ2v) is 8.00. The summed E-state index contributed by atoms with van der Waals surface area (Å²) in [5, 5.41) is 10.8. The quantitative estimate of drug-likeness (QED) is 0.469. The average Bonchev–Trinajstić information content (AvgIpc) is 3.16. The van der Waals surface area contributed by atoms with Crippen LogP contribution in [0, 0.1) is 0 Å². The molecule has 4 rings (SSSR count). The number of ketones is 1. The maximum absolute atomic E-state index is 13.2. The Balaban J connectivity index is 1.62. The number of amides is 1. The van der Waals surface area contributed by atoms with E-state index in [0.717, 1.165) is 11.1 Å². The molecule has 0 unspecified atom stereocenters. The molecule has 0 saturated carbocycles. The smallest absolute Gasteiger partial charge is 0.290 e. The van der Waals surface area contributed by atoms with Gasteiger partial charge < -0.3 is 19.5 Å². The highest BCUT2D eigenvalue weighted by atomic mass is 16.5. The van der Waals surface area contributed by atoms with Crippen molar-refractivity contribution in [3.05, 3.63) is 107 Å². The van der Waals surface area contributed by atoms with Crippen LogP contribution in [0.25, 0.3) is 6.08 Å². The normalized spacial score (nSPS) is 15.7. The Bertz CT molecular complexity index is 1270. The van der Waals surface area contributed by atoms with Crippen LogP contribution < -0.4 is 9.47 Å². The van der Waals surface area contributed by atoms with Crippen LogP contribution in [0.15, 0.2) is 90.5 Å². The van der Waals surface area contributed by atoms with Gasteiger partial charge in [0.05, 0.1) is 25.8 Å². The highest BCUT2D eigenvalue weighted by Crippen LogP contribution is 2.38. The lowest BCUT2D eigenvalue weighted by molar-refractivity contribution is -0.129. The summed E-state index contributed by atoms with van der Waals surface area (Å²) in [6.45, 7) is 0.275. The monoisotopic (exact) mass is 470 g/mol. The highest BCUT2D eigenvalue weighted by molar-refractivity contribution is 6.14. The first-order valence-electron chi connectivity index (χ1n) is 11.2. The van der Waals surface area contributed by atoms with E-state index in [9.17, 15) is 14.7 Å². The van der Waals surface area contributed by atoms with Gasteiger partial charge in [-0.15, -0.1) is 0 Å². The summed E-state index contributed by atoms with van der Waals surface area (Å²) in [5.74, 6) is -0.351. The minimum absolute atomic E-state index is 0.0440. The van der Waals surface area contributed by atoms with Crippen molar-refractivity contribution in [1.82, 2.24) is 9.88 Å². The first-order chi connectivity index (χ1) is 17.0. The number of benzene rings is 2. The predicted molar refractivity (Wildman–Crippen MR) is 132 cm³/mol. The van der Waals surface area contributed by atoms with Crippen LogP contribution in [0.4, 0.5) is 0 Å². The third-order valence-corrected chi connectivity index (χ3v) is 5.89. The molecule has 35 heavy (non-hydrogen) atoms.